The van der Waals surface area contributed by atoms with Gasteiger partial charge in [0.05, 0.1) is 0 Å². The fraction of sp³-hybridized carbons (Fsp3) is 0.714. The third-order valence-electron chi connectivity index (χ3n) is 3.97. The molecule has 2 unspecified atom stereocenters. The predicted octanol–water partition coefficient (Wildman–Crippen LogP) is -0.324. The zero-order chi connectivity index (χ0) is 17.4. The van der Waals surface area contributed by atoms with Crippen LogP contribution in [0.2, 0.25) is 0 Å². The monoisotopic (exact) mass is 344 g/mol. The first-order valence-corrected chi connectivity index (χ1v) is 8.32. The molecule has 0 radical (unpaired) electrons. The first kappa shape index (κ1) is 17.6. The number of nitrogens with zero attached hydrogens (tertiary/aromatic N) is 1. The number of hydrogen-bond donors (Lipinski definition) is 2. The van der Waals surface area contributed by atoms with Gasteiger partial charge < -0.3 is 20.1 Å². The standard InChI is InChI=1S/C14H20N2O6S/c1-7(2)10(18)15-9-11(19)16-4-14(13(20)21,5-22-8(3)17)6-23-12(9)16/h7,9,12H,4-6H2,1-3H3,(H,15,18)(H,20,21)/t9?,12-,14?/m1/s1. The number of carboxylic acids is 1. The molecule has 0 aromatic rings. The van der Waals surface area contributed by atoms with Gasteiger partial charge >= 0.3 is 11.9 Å². The van der Waals surface area contributed by atoms with E-state index in [1.165, 1.54) is 23.6 Å². The Balaban J connectivity index is 2.05. The summed E-state index contributed by atoms with van der Waals surface area (Å²) in [5.74, 6) is -2.20. The first-order valence-electron chi connectivity index (χ1n) is 7.27. The van der Waals surface area contributed by atoms with Crippen LogP contribution in [0.4, 0.5) is 0 Å². The molecular formula is C14H20N2O6S. The van der Waals surface area contributed by atoms with Crippen molar-refractivity contribution in [2.75, 3.05) is 18.9 Å². The lowest BCUT2D eigenvalue weighted by Crippen LogP contribution is -2.74. The molecule has 2 amide bonds. The lowest BCUT2D eigenvalue weighted by atomic mass is 9.88. The van der Waals surface area contributed by atoms with Gasteiger partial charge in [0.2, 0.25) is 11.8 Å². The molecule has 2 aliphatic rings. The van der Waals surface area contributed by atoms with Gasteiger partial charge in [-0.15, -0.1) is 11.8 Å². The fourth-order valence-corrected chi connectivity index (χ4v) is 3.99. The molecule has 2 rings (SSSR count). The number of nitrogens with one attached hydrogen (secondary N) is 1. The van der Waals surface area contributed by atoms with Crippen LogP contribution in [0.1, 0.15) is 20.8 Å². The summed E-state index contributed by atoms with van der Waals surface area (Å²) in [5.41, 5.74) is -1.31. The molecule has 0 aliphatic carbocycles. The SMILES string of the molecule is CC(=O)OCC1(C(=O)O)CS[C@@H]2C(NC(=O)C(C)C)C(=O)N2C1. The van der Waals surface area contributed by atoms with E-state index in [0.717, 1.165) is 0 Å². The van der Waals surface area contributed by atoms with Crippen molar-refractivity contribution in [3.63, 3.8) is 0 Å². The van der Waals surface area contributed by atoms with Gasteiger partial charge in [0.1, 0.15) is 23.4 Å². The summed E-state index contributed by atoms with van der Waals surface area (Å²) in [7, 11) is 0. The number of fused-ring (bicyclic) bond motifs is 1. The van der Waals surface area contributed by atoms with Crippen LogP contribution in [0.15, 0.2) is 0 Å². The van der Waals surface area contributed by atoms with E-state index in [1.54, 1.807) is 13.8 Å². The number of carboxylic acid groups (broad SMARTS) is 1. The maximum atomic E-state index is 12.2. The molecule has 9 heteroatoms. The van der Waals surface area contributed by atoms with E-state index in [2.05, 4.69) is 5.32 Å². The molecule has 23 heavy (non-hydrogen) atoms. The molecule has 0 spiro atoms. The Kier molecular flexibility index (Phi) is 4.88. The number of hydrogen-bond acceptors (Lipinski definition) is 6. The maximum absolute atomic E-state index is 12.2. The highest BCUT2D eigenvalue weighted by Gasteiger charge is 2.57. The highest BCUT2D eigenvalue weighted by molar-refractivity contribution is 8.00. The van der Waals surface area contributed by atoms with E-state index in [-0.39, 0.29) is 42.0 Å². The lowest BCUT2D eigenvalue weighted by molar-refractivity contribution is -0.165. The molecule has 3 atom stereocenters. The van der Waals surface area contributed by atoms with Gasteiger partial charge in [0.25, 0.3) is 0 Å². The van der Waals surface area contributed by atoms with Crippen molar-refractivity contribution in [3.05, 3.63) is 0 Å². The topological polar surface area (TPSA) is 113 Å². The third kappa shape index (κ3) is 3.29. The van der Waals surface area contributed by atoms with Gasteiger partial charge in [-0.2, -0.15) is 0 Å². The van der Waals surface area contributed by atoms with Crippen molar-refractivity contribution in [3.8, 4) is 0 Å². The zero-order valence-corrected chi connectivity index (χ0v) is 14.0. The van der Waals surface area contributed by atoms with Crippen LogP contribution in [0.3, 0.4) is 0 Å². The molecule has 0 aromatic carbocycles. The largest absolute Gasteiger partial charge is 0.481 e. The molecule has 2 aliphatic heterocycles. The zero-order valence-electron chi connectivity index (χ0n) is 13.2. The normalized spacial score (nSPS) is 29.6. The van der Waals surface area contributed by atoms with Crippen LogP contribution >= 0.6 is 11.8 Å². The molecule has 0 aromatic heterocycles. The van der Waals surface area contributed by atoms with Crippen molar-refractivity contribution in [2.24, 2.45) is 11.3 Å². The summed E-state index contributed by atoms with van der Waals surface area (Å²) in [4.78, 5) is 47.9. The average molecular weight is 344 g/mol. The second kappa shape index (κ2) is 6.38. The van der Waals surface area contributed by atoms with Gasteiger partial charge in [-0.3, -0.25) is 19.2 Å². The van der Waals surface area contributed by atoms with E-state index in [9.17, 15) is 24.3 Å². The fourth-order valence-electron chi connectivity index (χ4n) is 2.47. The number of carbonyl (C=O) groups excluding carboxylic acids is 3. The van der Waals surface area contributed by atoms with Crippen LogP contribution < -0.4 is 5.32 Å². The van der Waals surface area contributed by atoms with Gasteiger partial charge in [-0.05, 0) is 0 Å². The Bertz CT molecular complexity index is 551. The van der Waals surface area contributed by atoms with Crippen molar-refractivity contribution in [1.82, 2.24) is 10.2 Å². The summed E-state index contributed by atoms with van der Waals surface area (Å²) in [6.45, 7) is 4.38. The Morgan fingerprint density at radius 3 is 2.65 bits per heavy atom. The van der Waals surface area contributed by atoms with E-state index < -0.39 is 23.4 Å². The Labute approximate surface area is 137 Å². The van der Waals surface area contributed by atoms with E-state index in [1.807, 2.05) is 0 Å². The van der Waals surface area contributed by atoms with Gasteiger partial charge in [-0.25, -0.2) is 0 Å². The highest BCUT2D eigenvalue weighted by atomic mass is 32.2. The smallest absolute Gasteiger partial charge is 0.315 e. The van der Waals surface area contributed by atoms with Crippen LogP contribution in [-0.4, -0.2) is 64.1 Å². The molecule has 0 saturated carbocycles. The van der Waals surface area contributed by atoms with Gasteiger partial charge in [0, 0.05) is 25.1 Å². The quantitative estimate of drug-likeness (QED) is 0.519. The molecule has 2 saturated heterocycles. The maximum Gasteiger partial charge on any atom is 0.315 e. The minimum absolute atomic E-state index is 0.0276. The van der Waals surface area contributed by atoms with Crippen molar-refractivity contribution < 1.29 is 29.0 Å². The second-order valence-corrected chi connectivity index (χ2v) is 7.28. The molecule has 128 valence electrons. The summed E-state index contributed by atoms with van der Waals surface area (Å²) < 4.78 is 4.87. The molecule has 0 bridgehead atoms. The number of amides is 2. The Morgan fingerprint density at radius 2 is 2.13 bits per heavy atom. The number of thioether (sulfide) groups is 1. The van der Waals surface area contributed by atoms with Crippen LogP contribution in [0.25, 0.3) is 0 Å². The molecular weight excluding hydrogens is 324 g/mol. The van der Waals surface area contributed by atoms with Crippen molar-refractivity contribution >= 4 is 35.5 Å². The number of esters is 1. The number of rotatable bonds is 5. The van der Waals surface area contributed by atoms with E-state index >= 15 is 0 Å². The Hall–Kier alpha value is -1.77. The average Bonchev–Trinajstić information content (AvgIpc) is 2.49. The van der Waals surface area contributed by atoms with Crippen LogP contribution in [0.5, 0.6) is 0 Å². The van der Waals surface area contributed by atoms with Crippen molar-refractivity contribution in [2.45, 2.75) is 32.2 Å². The minimum atomic E-state index is -1.31. The Morgan fingerprint density at radius 1 is 1.48 bits per heavy atom. The van der Waals surface area contributed by atoms with Gasteiger partial charge in [0.15, 0.2) is 0 Å². The molecule has 2 fully saturated rings. The predicted molar refractivity (Wildman–Crippen MR) is 81.4 cm³/mol. The second-order valence-electron chi connectivity index (χ2n) is 6.17. The van der Waals surface area contributed by atoms with Crippen molar-refractivity contribution in [1.29, 1.82) is 0 Å². The molecule has 8 nitrogen and oxygen atoms in total. The first-order chi connectivity index (χ1) is 10.7. The van der Waals surface area contributed by atoms with Crippen LogP contribution in [-0.2, 0) is 23.9 Å². The lowest BCUT2D eigenvalue weighted by Gasteiger charge is -2.53. The number of aliphatic carboxylic acids is 1. The van der Waals surface area contributed by atoms with Crippen LogP contribution in [0, 0.1) is 11.3 Å². The van der Waals surface area contributed by atoms with E-state index in [4.69, 9.17) is 4.74 Å². The third-order valence-corrected chi connectivity index (χ3v) is 5.56. The molecule has 2 N–H and O–H groups in total. The number of ether oxygens (including phenoxy) is 1. The summed E-state index contributed by atoms with van der Waals surface area (Å²) in [6, 6.07) is -0.615. The number of carbonyl (C=O) groups is 4. The minimum Gasteiger partial charge on any atom is -0.481 e. The highest BCUT2D eigenvalue weighted by Crippen LogP contribution is 2.42. The summed E-state index contributed by atoms with van der Waals surface area (Å²) in [6.07, 6.45) is 0. The summed E-state index contributed by atoms with van der Waals surface area (Å²) >= 11 is 1.28. The molecule has 2 heterocycles. The van der Waals surface area contributed by atoms with E-state index in [0.29, 0.717) is 0 Å². The van der Waals surface area contributed by atoms with Gasteiger partial charge in [-0.1, -0.05) is 13.8 Å². The summed E-state index contributed by atoms with van der Waals surface area (Å²) in [5, 5.41) is 11.9. The number of β-lactam (4-membered cyclic amide) rings is 1.